The van der Waals surface area contributed by atoms with E-state index >= 15 is 0 Å². The Morgan fingerprint density at radius 2 is 1.69 bits per heavy atom. The van der Waals surface area contributed by atoms with Crippen LogP contribution in [0, 0.1) is 0 Å². The van der Waals surface area contributed by atoms with E-state index in [0.717, 1.165) is 0 Å². The van der Waals surface area contributed by atoms with Crippen LogP contribution in [-0.2, 0) is 0 Å². The summed E-state index contributed by atoms with van der Waals surface area (Å²) in [6, 6.07) is 16.2. The Bertz CT molecular complexity index is 1330. The summed E-state index contributed by atoms with van der Waals surface area (Å²) >= 11 is 5.80. The number of carbonyl (C=O) groups is 2. The van der Waals surface area contributed by atoms with Crippen molar-refractivity contribution in [2.24, 2.45) is 0 Å². The van der Waals surface area contributed by atoms with Gasteiger partial charge in [0.25, 0.3) is 17.4 Å². The van der Waals surface area contributed by atoms with E-state index in [0.29, 0.717) is 16.4 Å². The van der Waals surface area contributed by atoms with E-state index < -0.39 is 11.8 Å². The number of benzene rings is 1. The van der Waals surface area contributed by atoms with Gasteiger partial charge in [0.2, 0.25) is 0 Å². The molecule has 158 valence electrons. The number of hydrogen-bond donors (Lipinski definition) is 2. The lowest BCUT2D eigenvalue weighted by molar-refractivity contribution is 0.102. The summed E-state index contributed by atoms with van der Waals surface area (Å²) in [5.74, 6) is -0.933. The number of nitrogens with zero attached hydrogens (tertiary/aromatic N) is 3. The number of pyridine rings is 3. The predicted molar refractivity (Wildman–Crippen MR) is 121 cm³/mol. The van der Waals surface area contributed by atoms with Gasteiger partial charge in [-0.05, 0) is 48.5 Å². The number of nitrogens with one attached hydrogen (secondary N) is 2. The fourth-order valence-corrected chi connectivity index (χ4v) is 3.04. The van der Waals surface area contributed by atoms with Crippen LogP contribution in [0.5, 0.6) is 0 Å². The minimum atomic E-state index is -0.499. The lowest BCUT2D eigenvalue weighted by atomic mass is 10.2. The number of amides is 2. The second-order valence-corrected chi connectivity index (χ2v) is 7.08. The van der Waals surface area contributed by atoms with Crippen LogP contribution in [0.3, 0.4) is 0 Å². The second kappa shape index (κ2) is 9.23. The molecule has 3 heterocycles. The maximum atomic E-state index is 12.8. The van der Waals surface area contributed by atoms with Gasteiger partial charge >= 0.3 is 0 Å². The normalized spacial score (nSPS) is 10.4. The quantitative estimate of drug-likeness (QED) is 0.486. The maximum absolute atomic E-state index is 12.8. The van der Waals surface area contributed by atoms with Gasteiger partial charge in [-0.1, -0.05) is 17.7 Å². The molecule has 8 nitrogen and oxygen atoms in total. The number of halogens is 1. The highest BCUT2D eigenvalue weighted by molar-refractivity contribution is 6.30. The van der Waals surface area contributed by atoms with Gasteiger partial charge in [0.15, 0.2) is 0 Å². The summed E-state index contributed by atoms with van der Waals surface area (Å²) in [4.78, 5) is 45.2. The van der Waals surface area contributed by atoms with Crippen molar-refractivity contribution in [1.82, 2.24) is 14.5 Å². The minimum absolute atomic E-state index is 0.149. The molecule has 0 radical (unpaired) electrons. The molecule has 9 heteroatoms. The largest absolute Gasteiger partial charge is 0.322 e. The highest BCUT2D eigenvalue weighted by Crippen LogP contribution is 2.18. The van der Waals surface area contributed by atoms with Crippen LogP contribution in [0.15, 0.2) is 90.2 Å². The molecular formula is C23H16ClN5O3. The first-order valence-electron chi connectivity index (χ1n) is 9.48. The molecule has 0 spiro atoms. The highest BCUT2D eigenvalue weighted by Gasteiger charge is 2.15. The zero-order valence-electron chi connectivity index (χ0n) is 16.5. The third-order valence-corrected chi connectivity index (χ3v) is 4.72. The maximum Gasteiger partial charge on any atom is 0.274 e. The van der Waals surface area contributed by atoms with Gasteiger partial charge in [0, 0.05) is 36.0 Å². The molecule has 0 aliphatic rings. The molecule has 0 bridgehead atoms. The molecule has 2 N–H and O–H groups in total. The van der Waals surface area contributed by atoms with Crippen molar-refractivity contribution in [1.29, 1.82) is 0 Å². The first-order chi connectivity index (χ1) is 15.5. The minimum Gasteiger partial charge on any atom is -0.322 e. The average molecular weight is 446 g/mol. The molecule has 0 atom stereocenters. The first kappa shape index (κ1) is 21.0. The van der Waals surface area contributed by atoms with Crippen LogP contribution in [0.2, 0.25) is 5.02 Å². The zero-order valence-corrected chi connectivity index (χ0v) is 17.3. The number of anilines is 2. The molecule has 0 unspecified atom stereocenters. The number of rotatable bonds is 5. The lowest BCUT2D eigenvalue weighted by Crippen LogP contribution is -2.19. The van der Waals surface area contributed by atoms with Crippen molar-refractivity contribution in [3.05, 3.63) is 112 Å². The van der Waals surface area contributed by atoms with Crippen molar-refractivity contribution in [2.75, 3.05) is 10.6 Å². The van der Waals surface area contributed by atoms with E-state index in [4.69, 9.17) is 11.6 Å². The number of aromatic nitrogens is 3. The van der Waals surface area contributed by atoms with Crippen LogP contribution in [-0.4, -0.2) is 26.3 Å². The Morgan fingerprint density at radius 1 is 0.875 bits per heavy atom. The Balaban J connectivity index is 1.50. The van der Waals surface area contributed by atoms with Crippen molar-refractivity contribution in [2.45, 2.75) is 0 Å². The zero-order chi connectivity index (χ0) is 22.5. The van der Waals surface area contributed by atoms with E-state index in [1.54, 1.807) is 48.7 Å². The van der Waals surface area contributed by atoms with Gasteiger partial charge in [-0.25, -0.2) is 4.98 Å². The molecule has 0 saturated heterocycles. The second-order valence-electron chi connectivity index (χ2n) is 6.65. The summed E-state index contributed by atoms with van der Waals surface area (Å²) in [6.07, 6.45) is 5.86. The first-order valence-corrected chi connectivity index (χ1v) is 9.85. The summed E-state index contributed by atoms with van der Waals surface area (Å²) in [6.45, 7) is 0. The Labute approximate surface area is 187 Å². The number of hydrogen-bond acceptors (Lipinski definition) is 5. The smallest absolute Gasteiger partial charge is 0.274 e. The molecule has 1 aromatic carbocycles. The molecule has 4 rings (SSSR count). The SMILES string of the molecule is O=C(Nc1cnccc1C(=O)Nc1ccc(-n2ccccc2=O)cc1)c1ccc(Cl)cn1. The molecular weight excluding hydrogens is 430 g/mol. The van der Waals surface area contributed by atoms with Crippen LogP contribution in [0.1, 0.15) is 20.8 Å². The van der Waals surface area contributed by atoms with Gasteiger partial charge in [-0.3, -0.25) is 23.9 Å². The van der Waals surface area contributed by atoms with E-state index in [2.05, 4.69) is 20.6 Å². The monoisotopic (exact) mass is 445 g/mol. The standard InChI is InChI=1S/C23H16ClN5O3/c24-15-4-9-19(26-13-15)23(32)28-20-14-25-11-10-18(20)22(31)27-16-5-7-17(8-6-16)29-12-2-1-3-21(29)30/h1-14H,(H,27,31)(H,28,32). The fraction of sp³-hybridized carbons (Fsp3) is 0. The molecule has 0 aliphatic carbocycles. The predicted octanol–water partition coefficient (Wildman–Crippen LogP) is 3.79. The lowest BCUT2D eigenvalue weighted by Gasteiger charge is -2.11. The van der Waals surface area contributed by atoms with Crippen LogP contribution in [0.4, 0.5) is 11.4 Å². The third kappa shape index (κ3) is 4.71. The molecule has 2 amide bonds. The van der Waals surface area contributed by atoms with Crippen molar-refractivity contribution in [3.8, 4) is 5.69 Å². The molecule has 32 heavy (non-hydrogen) atoms. The summed E-state index contributed by atoms with van der Waals surface area (Å²) in [7, 11) is 0. The Morgan fingerprint density at radius 3 is 2.41 bits per heavy atom. The van der Waals surface area contributed by atoms with Crippen molar-refractivity contribution in [3.63, 3.8) is 0 Å². The van der Waals surface area contributed by atoms with Gasteiger partial charge < -0.3 is 10.6 Å². The van der Waals surface area contributed by atoms with Crippen molar-refractivity contribution < 1.29 is 9.59 Å². The summed E-state index contributed by atoms with van der Waals surface area (Å²) in [5, 5.41) is 5.83. The van der Waals surface area contributed by atoms with Crippen molar-refractivity contribution >= 4 is 34.8 Å². The molecule has 4 aromatic rings. The fourth-order valence-electron chi connectivity index (χ4n) is 2.93. The van der Waals surface area contributed by atoms with E-state index in [1.807, 2.05) is 0 Å². The van der Waals surface area contributed by atoms with Crippen LogP contribution in [0.25, 0.3) is 5.69 Å². The summed E-state index contributed by atoms with van der Waals surface area (Å²) in [5.41, 5.74) is 1.65. The van der Waals surface area contributed by atoms with Gasteiger partial charge in [-0.15, -0.1) is 0 Å². The Hall–Kier alpha value is -4.30. The average Bonchev–Trinajstić information content (AvgIpc) is 2.81. The number of carbonyl (C=O) groups excluding carboxylic acids is 2. The van der Waals surface area contributed by atoms with E-state index in [1.165, 1.54) is 41.4 Å². The van der Waals surface area contributed by atoms with Crippen LogP contribution >= 0.6 is 11.6 Å². The van der Waals surface area contributed by atoms with Gasteiger partial charge in [0.1, 0.15) is 5.69 Å². The summed E-state index contributed by atoms with van der Waals surface area (Å²) < 4.78 is 1.49. The molecule has 0 saturated carbocycles. The van der Waals surface area contributed by atoms with E-state index in [9.17, 15) is 14.4 Å². The van der Waals surface area contributed by atoms with Gasteiger partial charge in [0.05, 0.1) is 22.5 Å². The Kier molecular flexibility index (Phi) is 6.05. The molecule has 0 aliphatic heterocycles. The highest BCUT2D eigenvalue weighted by atomic mass is 35.5. The third-order valence-electron chi connectivity index (χ3n) is 4.50. The topological polar surface area (TPSA) is 106 Å². The molecule has 3 aromatic heterocycles. The van der Waals surface area contributed by atoms with E-state index in [-0.39, 0.29) is 22.5 Å². The molecule has 0 fully saturated rings. The van der Waals surface area contributed by atoms with Gasteiger partial charge in [-0.2, -0.15) is 0 Å². The van der Waals surface area contributed by atoms with Crippen LogP contribution < -0.4 is 16.2 Å².